The number of aromatic nitrogens is 2. The Labute approximate surface area is 118 Å². The second-order valence-corrected chi connectivity index (χ2v) is 5.10. The number of carbonyl (C=O) groups is 1. The summed E-state index contributed by atoms with van der Waals surface area (Å²) in [6.07, 6.45) is 4.21. The van der Waals surface area contributed by atoms with Gasteiger partial charge in [-0.25, -0.2) is 0 Å². The van der Waals surface area contributed by atoms with Crippen LogP contribution in [0.25, 0.3) is 0 Å². The van der Waals surface area contributed by atoms with E-state index in [1.807, 2.05) is 44.3 Å². The molecular formula is C15H17ClN2O. The lowest BCUT2D eigenvalue weighted by Crippen LogP contribution is -2.21. The van der Waals surface area contributed by atoms with E-state index in [2.05, 4.69) is 5.10 Å². The quantitative estimate of drug-likeness (QED) is 0.618. The predicted molar refractivity (Wildman–Crippen MR) is 76.8 cm³/mol. The zero-order valence-electron chi connectivity index (χ0n) is 11.1. The Hall–Kier alpha value is -1.61. The van der Waals surface area contributed by atoms with E-state index in [0.717, 1.165) is 11.1 Å². The number of hydrogen-bond acceptors (Lipinski definition) is 2. The maximum atomic E-state index is 12.6. The molecule has 0 radical (unpaired) electrons. The summed E-state index contributed by atoms with van der Waals surface area (Å²) in [6.45, 7) is 3.93. The van der Waals surface area contributed by atoms with Gasteiger partial charge in [-0.15, -0.1) is 11.6 Å². The fourth-order valence-electron chi connectivity index (χ4n) is 2.08. The minimum atomic E-state index is -0.326. The molecule has 0 amide bonds. The van der Waals surface area contributed by atoms with Gasteiger partial charge in [-0.05, 0) is 31.9 Å². The van der Waals surface area contributed by atoms with Crippen LogP contribution in [0.1, 0.15) is 33.9 Å². The molecule has 0 aliphatic heterocycles. The van der Waals surface area contributed by atoms with Gasteiger partial charge in [0, 0.05) is 17.6 Å². The van der Waals surface area contributed by atoms with Crippen molar-refractivity contribution in [3.05, 3.63) is 53.3 Å². The van der Waals surface area contributed by atoms with Crippen molar-refractivity contribution in [3.8, 4) is 0 Å². The molecule has 100 valence electrons. The topological polar surface area (TPSA) is 34.9 Å². The molecule has 19 heavy (non-hydrogen) atoms. The second kappa shape index (κ2) is 6.02. The van der Waals surface area contributed by atoms with E-state index in [1.54, 1.807) is 10.9 Å². The molecule has 4 heteroatoms. The Morgan fingerprint density at radius 3 is 2.74 bits per heavy atom. The highest BCUT2D eigenvalue weighted by Gasteiger charge is 2.22. The third-order valence-electron chi connectivity index (χ3n) is 3.04. The summed E-state index contributed by atoms with van der Waals surface area (Å²) >= 11 is 5.82. The molecular weight excluding hydrogens is 260 g/mol. The first-order valence-corrected chi connectivity index (χ1v) is 6.83. The third kappa shape index (κ3) is 3.24. The molecule has 0 N–H and O–H groups in total. The molecule has 0 aliphatic rings. The van der Waals surface area contributed by atoms with E-state index >= 15 is 0 Å². The van der Waals surface area contributed by atoms with E-state index in [9.17, 15) is 4.79 Å². The molecule has 0 spiro atoms. The maximum absolute atomic E-state index is 12.6. The second-order valence-electron chi connectivity index (χ2n) is 4.72. The van der Waals surface area contributed by atoms with Crippen LogP contribution in [0.3, 0.4) is 0 Å². The summed E-state index contributed by atoms with van der Waals surface area (Å²) in [4.78, 5) is 12.6. The highest BCUT2D eigenvalue weighted by atomic mass is 35.5. The van der Waals surface area contributed by atoms with Crippen molar-refractivity contribution < 1.29 is 4.79 Å². The first-order valence-electron chi connectivity index (χ1n) is 6.29. The van der Waals surface area contributed by atoms with E-state index in [-0.39, 0.29) is 11.8 Å². The zero-order valence-corrected chi connectivity index (χ0v) is 11.9. The molecule has 0 bridgehead atoms. The summed E-state index contributed by atoms with van der Waals surface area (Å²) in [5.41, 5.74) is 2.83. The number of ketones is 1. The first-order chi connectivity index (χ1) is 9.11. The average molecular weight is 277 g/mol. The lowest BCUT2D eigenvalue weighted by molar-refractivity contribution is 0.0915. The van der Waals surface area contributed by atoms with E-state index in [0.29, 0.717) is 17.9 Å². The Bertz CT molecular complexity index is 577. The molecule has 0 saturated heterocycles. The summed E-state index contributed by atoms with van der Waals surface area (Å²) in [5, 5.41) is 4.24. The SMILES string of the molecule is Cc1cccc(C(=O)C(CCCl)n2cc(C)cn2)c1. The van der Waals surface area contributed by atoms with Gasteiger partial charge >= 0.3 is 0 Å². The molecule has 1 atom stereocenters. The van der Waals surface area contributed by atoms with Crippen molar-refractivity contribution in [2.75, 3.05) is 5.88 Å². The lowest BCUT2D eigenvalue weighted by Gasteiger charge is -2.15. The molecule has 0 saturated carbocycles. The van der Waals surface area contributed by atoms with Crippen LogP contribution >= 0.6 is 11.6 Å². The van der Waals surface area contributed by atoms with Crippen LogP contribution in [0.5, 0.6) is 0 Å². The smallest absolute Gasteiger partial charge is 0.187 e. The molecule has 1 aromatic carbocycles. The molecule has 3 nitrogen and oxygen atoms in total. The highest BCUT2D eigenvalue weighted by molar-refractivity contribution is 6.18. The van der Waals surface area contributed by atoms with Crippen molar-refractivity contribution >= 4 is 17.4 Å². The molecule has 1 heterocycles. The third-order valence-corrected chi connectivity index (χ3v) is 3.26. The minimum Gasteiger partial charge on any atom is -0.292 e. The predicted octanol–water partition coefficient (Wildman–Crippen LogP) is 3.55. The number of halogens is 1. The van der Waals surface area contributed by atoms with Crippen molar-refractivity contribution in [2.24, 2.45) is 0 Å². The van der Waals surface area contributed by atoms with Gasteiger partial charge in [0.15, 0.2) is 5.78 Å². The van der Waals surface area contributed by atoms with Gasteiger partial charge < -0.3 is 0 Å². The molecule has 2 aromatic rings. The van der Waals surface area contributed by atoms with Crippen LogP contribution in [-0.4, -0.2) is 21.4 Å². The largest absolute Gasteiger partial charge is 0.292 e. The van der Waals surface area contributed by atoms with Crippen LogP contribution in [0.2, 0.25) is 0 Å². The van der Waals surface area contributed by atoms with E-state index in [4.69, 9.17) is 11.6 Å². The van der Waals surface area contributed by atoms with Crippen LogP contribution in [0.4, 0.5) is 0 Å². The number of aryl methyl sites for hydroxylation is 2. The first kappa shape index (κ1) is 13.8. The van der Waals surface area contributed by atoms with Gasteiger partial charge in [-0.2, -0.15) is 5.10 Å². The van der Waals surface area contributed by atoms with Crippen molar-refractivity contribution in [3.63, 3.8) is 0 Å². The summed E-state index contributed by atoms with van der Waals surface area (Å²) in [6, 6.07) is 7.29. The molecule has 1 unspecified atom stereocenters. The zero-order chi connectivity index (χ0) is 13.8. The van der Waals surface area contributed by atoms with Gasteiger partial charge in [0.1, 0.15) is 6.04 Å². The van der Waals surface area contributed by atoms with Crippen LogP contribution < -0.4 is 0 Å². The fourth-order valence-corrected chi connectivity index (χ4v) is 2.29. The van der Waals surface area contributed by atoms with Gasteiger partial charge in [0.05, 0.1) is 6.20 Å². The van der Waals surface area contributed by atoms with Crippen LogP contribution in [0, 0.1) is 13.8 Å². The summed E-state index contributed by atoms with van der Waals surface area (Å²) in [5.74, 6) is 0.494. The number of carbonyl (C=O) groups excluding carboxylic acids is 1. The van der Waals surface area contributed by atoms with E-state index < -0.39 is 0 Å². The standard InChI is InChI=1S/C15H17ClN2O/c1-11-4-3-5-13(8-11)15(19)14(6-7-16)18-10-12(2)9-17-18/h3-5,8-10,14H,6-7H2,1-2H3. The Balaban J connectivity index is 2.31. The van der Waals surface area contributed by atoms with Gasteiger partial charge in [0.25, 0.3) is 0 Å². The molecule has 2 rings (SSSR count). The summed E-state index contributed by atoms with van der Waals surface area (Å²) < 4.78 is 1.71. The highest BCUT2D eigenvalue weighted by Crippen LogP contribution is 2.19. The number of alkyl halides is 1. The van der Waals surface area contributed by atoms with Gasteiger partial charge in [-0.3, -0.25) is 9.48 Å². The van der Waals surface area contributed by atoms with Crippen LogP contribution in [0.15, 0.2) is 36.7 Å². The van der Waals surface area contributed by atoms with Crippen molar-refractivity contribution in [1.29, 1.82) is 0 Å². The van der Waals surface area contributed by atoms with E-state index in [1.165, 1.54) is 0 Å². The molecule has 0 fully saturated rings. The van der Waals surface area contributed by atoms with Gasteiger partial charge in [0.2, 0.25) is 0 Å². The van der Waals surface area contributed by atoms with Gasteiger partial charge in [-0.1, -0.05) is 23.8 Å². The summed E-state index contributed by atoms with van der Waals surface area (Å²) in [7, 11) is 0. The number of nitrogens with zero attached hydrogens (tertiary/aromatic N) is 2. The molecule has 1 aromatic heterocycles. The Kier molecular flexibility index (Phi) is 4.38. The fraction of sp³-hybridized carbons (Fsp3) is 0.333. The Morgan fingerprint density at radius 2 is 2.16 bits per heavy atom. The number of Topliss-reactive ketones (excluding diaryl/α,β-unsaturated/α-hetero) is 1. The number of rotatable bonds is 5. The number of benzene rings is 1. The van der Waals surface area contributed by atoms with Crippen LogP contribution in [-0.2, 0) is 0 Å². The average Bonchev–Trinajstić information content (AvgIpc) is 2.81. The minimum absolute atomic E-state index is 0.0625. The number of hydrogen-bond donors (Lipinski definition) is 0. The normalized spacial score (nSPS) is 12.4. The maximum Gasteiger partial charge on any atom is 0.187 e. The lowest BCUT2D eigenvalue weighted by atomic mass is 10.0. The molecule has 0 aliphatic carbocycles. The Morgan fingerprint density at radius 1 is 1.37 bits per heavy atom. The van der Waals surface area contributed by atoms with Crippen molar-refractivity contribution in [1.82, 2.24) is 9.78 Å². The van der Waals surface area contributed by atoms with Crippen molar-refractivity contribution in [2.45, 2.75) is 26.3 Å². The monoisotopic (exact) mass is 276 g/mol.